The van der Waals surface area contributed by atoms with Gasteiger partial charge in [0.15, 0.2) is 0 Å². The second-order valence-corrected chi connectivity index (χ2v) is 5.78. The van der Waals surface area contributed by atoms with Crippen LogP contribution in [0.5, 0.6) is 0 Å². The number of carbonyl (C=O) groups is 1. The molecule has 0 spiro atoms. The van der Waals surface area contributed by atoms with Gasteiger partial charge in [-0.05, 0) is 24.6 Å². The highest BCUT2D eigenvalue weighted by Crippen LogP contribution is 2.12. The minimum Gasteiger partial charge on any atom is -0.336 e. The summed E-state index contributed by atoms with van der Waals surface area (Å²) < 4.78 is 15.0. The van der Waals surface area contributed by atoms with Crippen LogP contribution < -0.4 is 0 Å². The molecule has 6 heteroatoms. The molecule has 122 valence electrons. The second kappa shape index (κ2) is 6.91. The van der Waals surface area contributed by atoms with Crippen LogP contribution in [-0.4, -0.2) is 44.9 Å². The van der Waals surface area contributed by atoms with Crippen molar-refractivity contribution in [3.8, 4) is 0 Å². The molecule has 0 radical (unpaired) electrons. The van der Waals surface area contributed by atoms with Crippen molar-refractivity contribution >= 4 is 5.91 Å². The van der Waals surface area contributed by atoms with Gasteiger partial charge in [-0.3, -0.25) is 9.69 Å². The lowest BCUT2D eigenvalue weighted by atomic mass is 10.2. The predicted octanol–water partition coefficient (Wildman–Crippen LogP) is 1.89. The van der Waals surface area contributed by atoms with Crippen molar-refractivity contribution in [3.63, 3.8) is 0 Å². The van der Waals surface area contributed by atoms with E-state index in [0.717, 1.165) is 24.5 Å². The summed E-state index contributed by atoms with van der Waals surface area (Å²) in [5.74, 6) is 0.846. The molecule has 0 bridgehead atoms. The summed E-state index contributed by atoms with van der Waals surface area (Å²) >= 11 is 0. The maximum atomic E-state index is 12.9. The summed E-state index contributed by atoms with van der Waals surface area (Å²) in [4.78, 5) is 20.7. The Labute approximate surface area is 135 Å². The molecule has 1 fully saturated rings. The van der Waals surface area contributed by atoms with E-state index in [1.165, 1.54) is 12.1 Å². The summed E-state index contributed by atoms with van der Waals surface area (Å²) in [5, 5.41) is 0. The maximum absolute atomic E-state index is 12.9. The number of rotatable bonds is 5. The molecule has 3 rings (SSSR count). The van der Waals surface area contributed by atoms with Gasteiger partial charge in [0.1, 0.15) is 11.6 Å². The smallest absolute Gasteiger partial charge is 0.237 e. The molecule has 1 saturated heterocycles. The molecule has 0 N–H and O–H groups in total. The molecule has 0 atom stereocenters. The molecule has 1 aliphatic heterocycles. The number of carbonyl (C=O) groups excluding carboxylic acids is 1. The van der Waals surface area contributed by atoms with Crippen LogP contribution in [0.4, 0.5) is 4.39 Å². The average molecular weight is 316 g/mol. The Hall–Kier alpha value is -2.21. The first-order chi connectivity index (χ1) is 11.2. The van der Waals surface area contributed by atoms with Gasteiger partial charge < -0.3 is 9.47 Å². The van der Waals surface area contributed by atoms with Crippen molar-refractivity contribution < 1.29 is 9.18 Å². The van der Waals surface area contributed by atoms with Crippen LogP contribution in [0.25, 0.3) is 0 Å². The third kappa shape index (κ3) is 3.76. The Morgan fingerprint density at radius 1 is 1.17 bits per heavy atom. The summed E-state index contributed by atoms with van der Waals surface area (Å²) in [5.41, 5.74) is 0.953. The molecule has 0 unspecified atom stereocenters. The van der Waals surface area contributed by atoms with E-state index < -0.39 is 0 Å². The molecule has 2 aromatic rings. The fourth-order valence-electron chi connectivity index (χ4n) is 2.85. The molecule has 1 aliphatic rings. The standard InChI is InChI=1S/C17H21FN4O/c1-2-21-8-7-19-16(21)12-20-9-10-22(17(23)13-20)11-14-3-5-15(18)6-4-14/h3-8H,2,9-13H2,1H3. The Kier molecular flexibility index (Phi) is 4.71. The zero-order chi connectivity index (χ0) is 16.2. The topological polar surface area (TPSA) is 41.4 Å². The van der Waals surface area contributed by atoms with E-state index in [1.54, 1.807) is 18.3 Å². The Bertz CT molecular complexity index is 667. The summed E-state index contributed by atoms with van der Waals surface area (Å²) in [7, 11) is 0. The number of halogens is 1. The highest BCUT2D eigenvalue weighted by atomic mass is 19.1. The highest BCUT2D eigenvalue weighted by Gasteiger charge is 2.24. The van der Waals surface area contributed by atoms with Gasteiger partial charge in [-0.25, -0.2) is 9.37 Å². The minimum absolute atomic E-state index is 0.107. The van der Waals surface area contributed by atoms with E-state index >= 15 is 0 Å². The van der Waals surface area contributed by atoms with E-state index in [0.29, 0.717) is 26.2 Å². The molecule has 0 saturated carbocycles. The van der Waals surface area contributed by atoms with Gasteiger partial charge in [-0.15, -0.1) is 0 Å². The molecule has 23 heavy (non-hydrogen) atoms. The number of nitrogens with zero attached hydrogens (tertiary/aromatic N) is 4. The number of hydrogen-bond acceptors (Lipinski definition) is 3. The van der Waals surface area contributed by atoms with E-state index in [4.69, 9.17) is 0 Å². The Morgan fingerprint density at radius 2 is 1.96 bits per heavy atom. The third-order valence-electron chi connectivity index (χ3n) is 4.19. The zero-order valence-corrected chi connectivity index (χ0v) is 13.3. The Morgan fingerprint density at radius 3 is 2.65 bits per heavy atom. The lowest BCUT2D eigenvalue weighted by Crippen LogP contribution is -2.49. The van der Waals surface area contributed by atoms with Gasteiger partial charge in [-0.1, -0.05) is 12.1 Å². The quantitative estimate of drug-likeness (QED) is 0.846. The SMILES string of the molecule is CCn1ccnc1CN1CCN(Cc2ccc(F)cc2)C(=O)C1. The maximum Gasteiger partial charge on any atom is 0.237 e. The minimum atomic E-state index is -0.253. The summed E-state index contributed by atoms with van der Waals surface area (Å²) in [6, 6.07) is 6.32. The molecule has 1 aromatic carbocycles. The number of hydrogen-bond donors (Lipinski definition) is 0. The van der Waals surface area contributed by atoms with E-state index in [-0.39, 0.29) is 11.7 Å². The van der Waals surface area contributed by atoms with Crippen LogP contribution in [0.1, 0.15) is 18.3 Å². The van der Waals surface area contributed by atoms with E-state index in [2.05, 4.69) is 21.4 Å². The zero-order valence-electron chi connectivity index (χ0n) is 13.3. The molecule has 1 amide bonds. The van der Waals surface area contributed by atoms with Crippen LogP contribution in [0.15, 0.2) is 36.7 Å². The molecular weight excluding hydrogens is 295 g/mol. The number of aromatic nitrogens is 2. The highest BCUT2D eigenvalue weighted by molar-refractivity contribution is 5.79. The molecule has 0 aliphatic carbocycles. The Balaban J connectivity index is 1.57. The molecular formula is C17H21FN4O. The second-order valence-electron chi connectivity index (χ2n) is 5.78. The number of benzene rings is 1. The van der Waals surface area contributed by atoms with Crippen molar-refractivity contribution in [3.05, 3.63) is 53.9 Å². The van der Waals surface area contributed by atoms with Crippen LogP contribution >= 0.6 is 0 Å². The third-order valence-corrected chi connectivity index (χ3v) is 4.19. The van der Waals surface area contributed by atoms with Crippen LogP contribution in [0, 0.1) is 5.82 Å². The van der Waals surface area contributed by atoms with Gasteiger partial charge in [-0.2, -0.15) is 0 Å². The van der Waals surface area contributed by atoms with Crippen molar-refractivity contribution in [2.75, 3.05) is 19.6 Å². The fraction of sp³-hybridized carbons (Fsp3) is 0.412. The first-order valence-electron chi connectivity index (χ1n) is 7.90. The molecule has 2 heterocycles. The van der Waals surface area contributed by atoms with Crippen molar-refractivity contribution in [2.45, 2.75) is 26.6 Å². The molecule has 1 aromatic heterocycles. The monoisotopic (exact) mass is 316 g/mol. The van der Waals surface area contributed by atoms with Gasteiger partial charge in [0.05, 0.1) is 13.1 Å². The fourth-order valence-corrected chi connectivity index (χ4v) is 2.85. The lowest BCUT2D eigenvalue weighted by Gasteiger charge is -2.34. The van der Waals surface area contributed by atoms with Crippen LogP contribution in [0.2, 0.25) is 0 Å². The van der Waals surface area contributed by atoms with Crippen LogP contribution in [-0.2, 0) is 24.4 Å². The van der Waals surface area contributed by atoms with Gasteiger partial charge in [0, 0.05) is 38.6 Å². The largest absolute Gasteiger partial charge is 0.336 e. The van der Waals surface area contributed by atoms with Gasteiger partial charge in [0.25, 0.3) is 0 Å². The number of piperazine rings is 1. The van der Waals surface area contributed by atoms with Gasteiger partial charge >= 0.3 is 0 Å². The molecule has 5 nitrogen and oxygen atoms in total. The summed E-state index contributed by atoms with van der Waals surface area (Å²) in [6.07, 6.45) is 3.76. The average Bonchev–Trinajstić information content (AvgIpc) is 2.99. The van der Waals surface area contributed by atoms with Crippen LogP contribution in [0.3, 0.4) is 0 Å². The normalized spacial score (nSPS) is 16.1. The summed E-state index contributed by atoms with van der Waals surface area (Å²) in [6.45, 7) is 6.10. The van der Waals surface area contributed by atoms with Crippen molar-refractivity contribution in [2.24, 2.45) is 0 Å². The lowest BCUT2D eigenvalue weighted by molar-refractivity contribution is -0.136. The van der Waals surface area contributed by atoms with E-state index in [1.807, 2.05) is 11.1 Å². The van der Waals surface area contributed by atoms with Crippen molar-refractivity contribution in [1.29, 1.82) is 0 Å². The van der Waals surface area contributed by atoms with E-state index in [9.17, 15) is 9.18 Å². The first kappa shape index (κ1) is 15.7. The first-order valence-corrected chi connectivity index (χ1v) is 7.90. The van der Waals surface area contributed by atoms with Gasteiger partial charge in [0.2, 0.25) is 5.91 Å². The van der Waals surface area contributed by atoms with Crippen molar-refractivity contribution in [1.82, 2.24) is 19.4 Å². The number of imidazole rings is 1. The number of amides is 1. The number of aryl methyl sites for hydroxylation is 1. The predicted molar refractivity (Wildman–Crippen MR) is 85.0 cm³/mol.